The van der Waals surface area contributed by atoms with Crippen LogP contribution in [0.2, 0.25) is 5.15 Å². The van der Waals surface area contributed by atoms with Crippen LogP contribution < -0.4 is 4.74 Å². The van der Waals surface area contributed by atoms with Gasteiger partial charge in [0.25, 0.3) is 0 Å². The molecule has 1 aromatic rings. The molecule has 0 aliphatic heterocycles. The number of hydrogen-bond acceptors (Lipinski definition) is 4. The summed E-state index contributed by atoms with van der Waals surface area (Å²) in [5, 5.41) is 0.431. The van der Waals surface area contributed by atoms with Crippen molar-refractivity contribution in [1.82, 2.24) is 4.98 Å². The van der Waals surface area contributed by atoms with Gasteiger partial charge in [0.05, 0.1) is 19.8 Å². The molecule has 0 saturated carbocycles. The molecule has 0 radical (unpaired) electrons. The van der Waals surface area contributed by atoms with Crippen LogP contribution in [0.4, 0.5) is 0 Å². The van der Waals surface area contributed by atoms with E-state index in [1.54, 1.807) is 19.4 Å². The average Bonchev–Trinajstić information content (AvgIpc) is 2.28. The minimum absolute atomic E-state index is 0.431. The Bertz CT molecular complexity index is 320. The number of ether oxygens (including phenoxy) is 3. The van der Waals surface area contributed by atoms with Crippen molar-refractivity contribution in [2.75, 3.05) is 33.5 Å². The lowest BCUT2D eigenvalue weighted by Crippen LogP contribution is -2.10. The van der Waals surface area contributed by atoms with Crippen molar-refractivity contribution in [2.24, 2.45) is 0 Å². The molecule has 5 heteroatoms. The van der Waals surface area contributed by atoms with Gasteiger partial charge in [-0.05, 0) is 6.92 Å². The number of nitrogens with zero attached hydrogens (tertiary/aromatic N) is 1. The maximum Gasteiger partial charge on any atom is 0.132 e. The molecular weight excluding hydrogens is 230 g/mol. The van der Waals surface area contributed by atoms with Gasteiger partial charge in [-0.25, -0.2) is 4.98 Å². The van der Waals surface area contributed by atoms with E-state index in [0.717, 1.165) is 11.3 Å². The molecular formula is C11H16ClNO3. The Labute approximate surface area is 100 Å². The molecule has 0 amide bonds. The maximum absolute atomic E-state index is 5.76. The van der Waals surface area contributed by atoms with Crippen LogP contribution in [0.15, 0.2) is 12.3 Å². The smallest absolute Gasteiger partial charge is 0.132 e. The molecule has 1 rings (SSSR count). The normalized spacial score (nSPS) is 10.4. The fourth-order valence-corrected chi connectivity index (χ4v) is 1.24. The Balaban J connectivity index is 2.23. The first-order chi connectivity index (χ1) is 7.74. The summed E-state index contributed by atoms with van der Waals surface area (Å²) in [6.07, 6.45) is 1.68. The lowest BCUT2D eigenvalue weighted by molar-refractivity contribution is 0.0543. The van der Waals surface area contributed by atoms with Gasteiger partial charge in [-0.1, -0.05) is 11.6 Å². The van der Waals surface area contributed by atoms with E-state index in [9.17, 15) is 0 Å². The van der Waals surface area contributed by atoms with Crippen molar-refractivity contribution in [3.63, 3.8) is 0 Å². The fraction of sp³-hybridized carbons (Fsp3) is 0.545. The van der Waals surface area contributed by atoms with Gasteiger partial charge in [0.1, 0.15) is 17.5 Å². The lowest BCUT2D eigenvalue weighted by Gasteiger charge is -2.09. The number of halogens is 1. The molecule has 0 saturated heterocycles. The third-order valence-electron chi connectivity index (χ3n) is 1.94. The van der Waals surface area contributed by atoms with Crippen molar-refractivity contribution in [1.29, 1.82) is 0 Å². The van der Waals surface area contributed by atoms with Crippen LogP contribution in [0.3, 0.4) is 0 Å². The van der Waals surface area contributed by atoms with E-state index in [1.807, 2.05) is 6.92 Å². The van der Waals surface area contributed by atoms with E-state index in [-0.39, 0.29) is 0 Å². The Kier molecular flexibility index (Phi) is 6.15. The molecule has 0 unspecified atom stereocenters. The summed E-state index contributed by atoms with van der Waals surface area (Å²) in [5.41, 5.74) is 0.960. The van der Waals surface area contributed by atoms with Crippen LogP contribution in [0, 0.1) is 6.92 Å². The molecule has 0 bridgehead atoms. The van der Waals surface area contributed by atoms with Gasteiger partial charge >= 0.3 is 0 Å². The zero-order chi connectivity index (χ0) is 11.8. The molecule has 0 N–H and O–H groups in total. The first-order valence-electron chi connectivity index (χ1n) is 5.05. The van der Waals surface area contributed by atoms with E-state index >= 15 is 0 Å². The van der Waals surface area contributed by atoms with E-state index in [2.05, 4.69) is 4.98 Å². The molecule has 1 aromatic heterocycles. The zero-order valence-corrected chi connectivity index (χ0v) is 10.3. The summed E-state index contributed by atoms with van der Waals surface area (Å²) in [4.78, 5) is 3.95. The van der Waals surface area contributed by atoms with Crippen molar-refractivity contribution in [2.45, 2.75) is 6.92 Å². The van der Waals surface area contributed by atoms with Crippen LogP contribution >= 0.6 is 11.6 Å². The number of aryl methyl sites for hydroxylation is 1. The number of pyridine rings is 1. The van der Waals surface area contributed by atoms with Gasteiger partial charge in [-0.15, -0.1) is 0 Å². The van der Waals surface area contributed by atoms with E-state index in [1.165, 1.54) is 0 Å². The van der Waals surface area contributed by atoms with Crippen molar-refractivity contribution in [3.05, 3.63) is 23.0 Å². The molecule has 90 valence electrons. The third kappa shape index (κ3) is 4.79. The van der Waals surface area contributed by atoms with Crippen LogP contribution in [-0.2, 0) is 9.47 Å². The Morgan fingerprint density at radius 1 is 1.25 bits per heavy atom. The molecule has 0 aliphatic rings. The minimum Gasteiger partial charge on any atom is -0.491 e. The lowest BCUT2D eigenvalue weighted by atomic mass is 10.3. The highest BCUT2D eigenvalue weighted by molar-refractivity contribution is 6.29. The van der Waals surface area contributed by atoms with E-state index in [0.29, 0.717) is 31.6 Å². The van der Waals surface area contributed by atoms with Crippen LogP contribution in [0.5, 0.6) is 5.75 Å². The number of methoxy groups -OCH3 is 1. The number of rotatable bonds is 7. The third-order valence-corrected chi connectivity index (χ3v) is 2.14. The van der Waals surface area contributed by atoms with Crippen LogP contribution in [-0.4, -0.2) is 38.5 Å². The van der Waals surface area contributed by atoms with Crippen LogP contribution in [0.25, 0.3) is 0 Å². The molecule has 0 aromatic carbocycles. The van der Waals surface area contributed by atoms with Gasteiger partial charge in [0.2, 0.25) is 0 Å². The Morgan fingerprint density at radius 2 is 2.00 bits per heavy atom. The molecule has 16 heavy (non-hydrogen) atoms. The number of hydrogen-bond donors (Lipinski definition) is 0. The summed E-state index contributed by atoms with van der Waals surface area (Å²) in [6, 6.07) is 1.70. The highest BCUT2D eigenvalue weighted by Crippen LogP contribution is 2.19. The summed E-state index contributed by atoms with van der Waals surface area (Å²) < 4.78 is 15.6. The maximum atomic E-state index is 5.76. The average molecular weight is 246 g/mol. The second-order valence-electron chi connectivity index (χ2n) is 3.23. The molecule has 0 fully saturated rings. The van der Waals surface area contributed by atoms with Gasteiger partial charge in [0, 0.05) is 24.9 Å². The van der Waals surface area contributed by atoms with Crippen molar-refractivity contribution in [3.8, 4) is 5.75 Å². The molecule has 0 spiro atoms. The fourth-order valence-electron chi connectivity index (χ4n) is 1.09. The first kappa shape index (κ1) is 13.2. The monoisotopic (exact) mass is 245 g/mol. The Hall–Kier alpha value is -0.840. The summed E-state index contributed by atoms with van der Waals surface area (Å²) in [6.45, 7) is 4.12. The summed E-state index contributed by atoms with van der Waals surface area (Å²) >= 11 is 5.76. The standard InChI is InChI=1S/C11H16ClNO3/c1-9-8-13-11(12)7-10(9)16-6-5-15-4-3-14-2/h7-8H,3-6H2,1-2H3. The van der Waals surface area contributed by atoms with Gasteiger partial charge in [-0.3, -0.25) is 0 Å². The second-order valence-corrected chi connectivity index (χ2v) is 3.61. The summed E-state index contributed by atoms with van der Waals surface area (Å²) in [7, 11) is 1.64. The molecule has 0 aliphatic carbocycles. The molecule has 1 heterocycles. The number of aromatic nitrogens is 1. The topological polar surface area (TPSA) is 40.6 Å². The van der Waals surface area contributed by atoms with E-state index < -0.39 is 0 Å². The SMILES string of the molecule is COCCOCCOc1cc(Cl)ncc1C. The van der Waals surface area contributed by atoms with Gasteiger partial charge < -0.3 is 14.2 Å². The van der Waals surface area contributed by atoms with Crippen molar-refractivity contribution < 1.29 is 14.2 Å². The predicted molar refractivity (Wildman–Crippen MR) is 62.2 cm³/mol. The Morgan fingerprint density at radius 3 is 2.75 bits per heavy atom. The van der Waals surface area contributed by atoms with Crippen LogP contribution in [0.1, 0.15) is 5.56 Å². The summed E-state index contributed by atoms with van der Waals surface area (Å²) in [5.74, 6) is 0.746. The van der Waals surface area contributed by atoms with Crippen molar-refractivity contribution >= 4 is 11.6 Å². The zero-order valence-electron chi connectivity index (χ0n) is 9.53. The minimum atomic E-state index is 0.431. The highest BCUT2D eigenvalue weighted by atomic mass is 35.5. The largest absolute Gasteiger partial charge is 0.491 e. The second kappa shape index (κ2) is 7.44. The predicted octanol–water partition coefficient (Wildman–Crippen LogP) is 2.09. The van der Waals surface area contributed by atoms with Gasteiger partial charge in [-0.2, -0.15) is 0 Å². The molecule has 0 atom stereocenters. The first-order valence-corrected chi connectivity index (χ1v) is 5.43. The van der Waals surface area contributed by atoms with Gasteiger partial charge in [0.15, 0.2) is 0 Å². The van der Waals surface area contributed by atoms with E-state index in [4.69, 9.17) is 25.8 Å². The quantitative estimate of drug-likeness (QED) is 0.545. The molecule has 4 nitrogen and oxygen atoms in total. The highest BCUT2D eigenvalue weighted by Gasteiger charge is 2.01.